The molecule has 0 bridgehead atoms. The first kappa shape index (κ1) is 10.2. The van der Waals surface area contributed by atoms with Gasteiger partial charge in [-0.1, -0.05) is 25.5 Å². The lowest BCUT2D eigenvalue weighted by Gasteiger charge is -2.10. The van der Waals surface area contributed by atoms with Gasteiger partial charge in [-0.2, -0.15) is 0 Å². The number of hydrogen-bond donors (Lipinski definition) is 2. The smallest absolute Gasteiger partial charge is 0.228 e. The molecule has 0 aliphatic carbocycles. The first-order chi connectivity index (χ1) is 7.20. The van der Waals surface area contributed by atoms with Crippen molar-refractivity contribution in [3.63, 3.8) is 0 Å². The molecule has 80 valence electrons. The van der Waals surface area contributed by atoms with Gasteiger partial charge in [0, 0.05) is 5.69 Å². The number of hydrogen-bond acceptors (Lipinski definition) is 2. The lowest BCUT2D eigenvalue weighted by molar-refractivity contribution is -0.115. The van der Waals surface area contributed by atoms with Crippen molar-refractivity contribution in [1.29, 1.82) is 0 Å². The van der Waals surface area contributed by atoms with Crippen molar-refractivity contribution in [2.45, 2.75) is 32.3 Å². The van der Waals surface area contributed by atoms with Crippen LogP contribution in [0.4, 0.5) is 5.69 Å². The van der Waals surface area contributed by atoms with Crippen molar-refractivity contribution in [3.8, 4) is 0 Å². The Morgan fingerprint density at radius 3 is 3.07 bits per heavy atom. The lowest BCUT2D eigenvalue weighted by Crippen LogP contribution is -2.03. The highest BCUT2D eigenvalue weighted by Crippen LogP contribution is 2.27. The molecule has 3 nitrogen and oxygen atoms in total. The number of nitrogens with one attached hydrogen (secondary N) is 1. The standard InChI is InChI=1S/C12H15NO2/c1-2-3-11(14)8-4-5-10-9(6-8)7-12(15)13-10/h4-6,11,14H,2-3,7H2,1H3,(H,13,15). The van der Waals surface area contributed by atoms with Gasteiger partial charge < -0.3 is 10.4 Å². The SMILES string of the molecule is CCCC(O)c1ccc2c(c1)CC(=O)N2. The van der Waals surface area contributed by atoms with Crippen molar-refractivity contribution in [2.75, 3.05) is 5.32 Å². The zero-order chi connectivity index (χ0) is 10.8. The minimum absolute atomic E-state index is 0.0344. The summed E-state index contributed by atoms with van der Waals surface area (Å²) in [6.45, 7) is 2.04. The van der Waals surface area contributed by atoms with E-state index in [9.17, 15) is 9.90 Å². The molecule has 1 atom stereocenters. The highest BCUT2D eigenvalue weighted by molar-refractivity contribution is 5.99. The van der Waals surface area contributed by atoms with E-state index in [4.69, 9.17) is 0 Å². The van der Waals surface area contributed by atoms with Crippen LogP contribution in [0.25, 0.3) is 0 Å². The van der Waals surface area contributed by atoms with Crippen LogP contribution < -0.4 is 5.32 Å². The maximum Gasteiger partial charge on any atom is 0.228 e. The molecule has 0 fully saturated rings. The van der Waals surface area contributed by atoms with E-state index in [1.54, 1.807) is 0 Å². The molecule has 1 aliphatic rings. The third kappa shape index (κ3) is 2.02. The van der Waals surface area contributed by atoms with Crippen LogP contribution >= 0.6 is 0 Å². The molecule has 1 amide bonds. The molecule has 2 rings (SSSR count). The maximum absolute atomic E-state index is 11.1. The molecule has 0 saturated heterocycles. The van der Waals surface area contributed by atoms with Gasteiger partial charge in [-0.3, -0.25) is 4.79 Å². The van der Waals surface area contributed by atoms with Crippen molar-refractivity contribution in [2.24, 2.45) is 0 Å². The number of amides is 1. The number of fused-ring (bicyclic) bond motifs is 1. The van der Waals surface area contributed by atoms with Gasteiger partial charge >= 0.3 is 0 Å². The van der Waals surface area contributed by atoms with Crippen LogP contribution in [0, 0.1) is 0 Å². The summed E-state index contributed by atoms with van der Waals surface area (Å²) in [5.74, 6) is 0.0344. The summed E-state index contributed by atoms with van der Waals surface area (Å²) < 4.78 is 0. The second-order valence-corrected chi connectivity index (χ2v) is 3.95. The predicted octanol–water partition coefficient (Wildman–Crippen LogP) is 2.01. The average Bonchev–Trinajstić information content (AvgIpc) is 2.57. The molecule has 1 unspecified atom stereocenters. The van der Waals surface area contributed by atoms with Crippen molar-refractivity contribution in [3.05, 3.63) is 29.3 Å². The van der Waals surface area contributed by atoms with E-state index in [2.05, 4.69) is 5.32 Å². The summed E-state index contributed by atoms with van der Waals surface area (Å²) in [5, 5.41) is 12.6. The first-order valence-corrected chi connectivity index (χ1v) is 5.31. The van der Waals surface area contributed by atoms with Crippen LogP contribution in [0.1, 0.15) is 37.0 Å². The highest BCUT2D eigenvalue weighted by atomic mass is 16.3. The van der Waals surface area contributed by atoms with Crippen LogP contribution in [0.2, 0.25) is 0 Å². The molecule has 0 saturated carbocycles. The Hall–Kier alpha value is -1.35. The molecule has 1 aliphatic heterocycles. The normalized spacial score (nSPS) is 16.0. The van der Waals surface area contributed by atoms with Crippen LogP contribution in [0.5, 0.6) is 0 Å². The third-order valence-electron chi connectivity index (χ3n) is 2.70. The minimum Gasteiger partial charge on any atom is -0.388 e. The van der Waals surface area contributed by atoms with Gasteiger partial charge in [0.25, 0.3) is 0 Å². The molecule has 1 aromatic rings. The van der Waals surface area contributed by atoms with E-state index in [1.807, 2.05) is 25.1 Å². The Morgan fingerprint density at radius 1 is 1.53 bits per heavy atom. The van der Waals surface area contributed by atoms with E-state index >= 15 is 0 Å². The van der Waals surface area contributed by atoms with E-state index in [1.165, 1.54) is 0 Å². The van der Waals surface area contributed by atoms with Gasteiger partial charge in [-0.15, -0.1) is 0 Å². The summed E-state index contributed by atoms with van der Waals surface area (Å²) in [4.78, 5) is 11.1. The largest absolute Gasteiger partial charge is 0.388 e. The van der Waals surface area contributed by atoms with Crippen molar-refractivity contribution in [1.82, 2.24) is 0 Å². The van der Waals surface area contributed by atoms with E-state index in [0.717, 1.165) is 29.7 Å². The Balaban J connectivity index is 2.23. The van der Waals surface area contributed by atoms with E-state index in [0.29, 0.717) is 6.42 Å². The monoisotopic (exact) mass is 205 g/mol. The van der Waals surface area contributed by atoms with Gasteiger partial charge in [-0.25, -0.2) is 0 Å². The van der Waals surface area contributed by atoms with Crippen molar-refractivity contribution < 1.29 is 9.90 Å². The zero-order valence-electron chi connectivity index (χ0n) is 8.79. The number of aliphatic hydroxyl groups is 1. The van der Waals surface area contributed by atoms with Gasteiger partial charge in [0.1, 0.15) is 0 Å². The lowest BCUT2D eigenvalue weighted by atomic mass is 10.0. The quantitative estimate of drug-likeness (QED) is 0.793. The fourth-order valence-corrected chi connectivity index (χ4v) is 1.90. The molecule has 0 radical (unpaired) electrons. The Kier molecular flexibility index (Phi) is 2.73. The summed E-state index contributed by atoms with van der Waals surface area (Å²) in [7, 11) is 0. The molecule has 2 N–H and O–H groups in total. The molecule has 15 heavy (non-hydrogen) atoms. The number of rotatable bonds is 3. The fraction of sp³-hybridized carbons (Fsp3) is 0.417. The predicted molar refractivity (Wildman–Crippen MR) is 58.6 cm³/mol. The Morgan fingerprint density at radius 2 is 2.33 bits per heavy atom. The number of carbonyl (C=O) groups is 1. The molecule has 3 heteroatoms. The second-order valence-electron chi connectivity index (χ2n) is 3.95. The maximum atomic E-state index is 11.1. The number of carbonyl (C=O) groups excluding carboxylic acids is 1. The second kappa shape index (κ2) is 4.03. The Bertz CT molecular complexity index is 387. The molecular formula is C12H15NO2. The third-order valence-corrected chi connectivity index (χ3v) is 2.70. The van der Waals surface area contributed by atoms with Crippen LogP contribution in [-0.4, -0.2) is 11.0 Å². The van der Waals surface area contributed by atoms with E-state index < -0.39 is 6.10 Å². The highest BCUT2D eigenvalue weighted by Gasteiger charge is 2.18. The molecule has 1 aromatic carbocycles. The average molecular weight is 205 g/mol. The molecular weight excluding hydrogens is 190 g/mol. The molecule has 0 aromatic heterocycles. The number of anilines is 1. The number of benzene rings is 1. The summed E-state index contributed by atoms with van der Waals surface area (Å²) in [6, 6.07) is 5.67. The van der Waals surface area contributed by atoms with Gasteiger partial charge in [0.2, 0.25) is 5.91 Å². The first-order valence-electron chi connectivity index (χ1n) is 5.31. The summed E-state index contributed by atoms with van der Waals surface area (Å²) in [5.41, 5.74) is 2.78. The van der Waals surface area contributed by atoms with Crippen molar-refractivity contribution >= 4 is 11.6 Å². The van der Waals surface area contributed by atoms with Crippen LogP contribution in [0.15, 0.2) is 18.2 Å². The van der Waals surface area contributed by atoms with Crippen LogP contribution in [0.3, 0.4) is 0 Å². The Labute approximate surface area is 89.1 Å². The zero-order valence-corrected chi connectivity index (χ0v) is 8.79. The van der Waals surface area contributed by atoms with Crippen LogP contribution in [-0.2, 0) is 11.2 Å². The summed E-state index contributed by atoms with van der Waals surface area (Å²) >= 11 is 0. The minimum atomic E-state index is -0.406. The number of aliphatic hydroxyl groups excluding tert-OH is 1. The van der Waals surface area contributed by atoms with E-state index in [-0.39, 0.29) is 5.91 Å². The summed E-state index contributed by atoms with van der Waals surface area (Å²) in [6.07, 6.45) is 1.74. The fourth-order valence-electron chi connectivity index (χ4n) is 1.90. The topological polar surface area (TPSA) is 49.3 Å². The molecule has 1 heterocycles. The van der Waals surface area contributed by atoms with Gasteiger partial charge in [-0.05, 0) is 23.6 Å². The van der Waals surface area contributed by atoms with Gasteiger partial charge in [0.05, 0.1) is 12.5 Å². The van der Waals surface area contributed by atoms with Gasteiger partial charge in [0.15, 0.2) is 0 Å². The molecule has 0 spiro atoms.